The van der Waals surface area contributed by atoms with Crippen molar-refractivity contribution in [2.45, 2.75) is 13.5 Å². The van der Waals surface area contributed by atoms with Gasteiger partial charge in [-0.05, 0) is 19.1 Å². The Bertz CT molecular complexity index is 922. The van der Waals surface area contributed by atoms with E-state index in [0.717, 1.165) is 28.2 Å². The summed E-state index contributed by atoms with van der Waals surface area (Å²) < 4.78 is 7.61. The van der Waals surface area contributed by atoms with Crippen molar-refractivity contribution in [2.24, 2.45) is 0 Å². The summed E-state index contributed by atoms with van der Waals surface area (Å²) in [6.45, 7) is 2.60. The van der Waals surface area contributed by atoms with Gasteiger partial charge in [0.15, 0.2) is 0 Å². The quantitative estimate of drug-likeness (QED) is 0.581. The molecule has 3 aromatic heterocycles. The van der Waals surface area contributed by atoms with Crippen LogP contribution in [0.1, 0.15) is 11.5 Å². The van der Waals surface area contributed by atoms with Gasteiger partial charge in [0.2, 0.25) is 0 Å². The van der Waals surface area contributed by atoms with Gasteiger partial charge in [-0.1, -0.05) is 18.2 Å². The Morgan fingerprint density at radius 1 is 1.23 bits per heavy atom. The molecule has 0 atom stereocenters. The molecule has 6 nitrogen and oxygen atoms in total. The highest BCUT2D eigenvalue weighted by molar-refractivity contribution is 5.77. The van der Waals surface area contributed by atoms with Gasteiger partial charge in [-0.25, -0.2) is 4.98 Å². The lowest BCUT2D eigenvalue weighted by molar-refractivity contribution is 0.544. The maximum atomic E-state index is 5.88. The summed E-state index contributed by atoms with van der Waals surface area (Å²) in [4.78, 5) is 10.6. The highest BCUT2D eigenvalue weighted by atomic mass is 16.3. The van der Waals surface area contributed by atoms with Crippen molar-refractivity contribution >= 4 is 22.6 Å². The van der Waals surface area contributed by atoms with Crippen LogP contribution in [0.5, 0.6) is 0 Å². The van der Waals surface area contributed by atoms with E-state index in [4.69, 9.17) is 4.42 Å². The van der Waals surface area contributed by atoms with E-state index in [1.165, 1.54) is 6.33 Å². The van der Waals surface area contributed by atoms with Crippen molar-refractivity contribution in [1.82, 2.24) is 19.6 Å². The molecular weight excluding hydrogens is 278 g/mol. The Labute approximate surface area is 127 Å². The maximum Gasteiger partial charge on any atom is 0.254 e. The summed E-state index contributed by atoms with van der Waals surface area (Å²) in [6, 6.07) is 12.1. The minimum Gasteiger partial charge on any atom is -0.459 e. The molecule has 0 amide bonds. The van der Waals surface area contributed by atoms with E-state index in [0.29, 0.717) is 12.3 Å². The first-order chi connectivity index (χ1) is 10.7. The number of hydrogen-bond donors (Lipinski definition) is 0. The number of para-hydroxylation sites is 1. The molecule has 0 aliphatic carbocycles. The second-order valence-electron chi connectivity index (χ2n) is 5.33. The summed E-state index contributed by atoms with van der Waals surface area (Å²) >= 11 is 0. The Hall–Kier alpha value is -2.89. The fourth-order valence-corrected chi connectivity index (χ4v) is 2.61. The molecule has 0 aliphatic heterocycles. The zero-order valence-corrected chi connectivity index (χ0v) is 12.4. The van der Waals surface area contributed by atoms with E-state index >= 15 is 0 Å². The van der Waals surface area contributed by atoms with Crippen molar-refractivity contribution in [3.63, 3.8) is 0 Å². The molecule has 6 heteroatoms. The van der Waals surface area contributed by atoms with Crippen LogP contribution in [-0.2, 0) is 6.54 Å². The number of aryl methyl sites for hydroxylation is 1. The van der Waals surface area contributed by atoms with Gasteiger partial charge in [0, 0.05) is 24.2 Å². The van der Waals surface area contributed by atoms with Gasteiger partial charge >= 0.3 is 0 Å². The van der Waals surface area contributed by atoms with E-state index in [1.54, 1.807) is 4.52 Å². The maximum absolute atomic E-state index is 5.88. The molecule has 1 aromatic carbocycles. The average Bonchev–Trinajstić information content (AvgIpc) is 3.11. The molecule has 4 rings (SSSR count). The Kier molecular flexibility index (Phi) is 2.82. The van der Waals surface area contributed by atoms with Crippen LogP contribution in [0.3, 0.4) is 0 Å². The van der Waals surface area contributed by atoms with Crippen LogP contribution in [0.2, 0.25) is 0 Å². The normalized spacial score (nSPS) is 11.4. The Balaban J connectivity index is 1.71. The number of aromatic nitrogens is 4. The third kappa shape index (κ3) is 2.09. The van der Waals surface area contributed by atoms with Gasteiger partial charge in [0.25, 0.3) is 5.78 Å². The van der Waals surface area contributed by atoms with Crippen molar-refractivity contribution in [2.75, 3.05) is 11.9 Å². The molecule has 0 saturated heterocycles. The van der Waals surface area contributed by atoms with Crippen LogP contribution in [0.4, 0.5) is 5.82 Å². The van der Waals surface area contributed by atoms with Gasteiger partial charge in [-0.15, -0.1) is 0 Å². The lowest BCUT2D eigenvalue weighted by Crippen LogP contribution is -2.20. The predicted octanol–water partition coefficient (Wildman–Crippen LogP) is 2.82. The van der Waals surface area contributed by atoms with Gasteiger partial charge in [0.1, 0.15) is 23.5 Å². The number of hydrogen-bond acceptors (Lipinski definition) is 5. The molecular formula is C16H15N5O. The SMILES string of the molecule is Cc1cc(N(C)Cc2cc3ccccc3o2)n2ncnc2n1. The number of fused-ring (bicyclic) bond motifs is 2. The first-order valence-corrected chi connectivity index (χ1v) is 7.07. The van der Waals surface area contributed by atoms with Crippen molar-refractivity contribution in [1.29, 1.82) is 0 Å². The highest BCUT2D eigenvalue weighted by Gasteiger charge is 2.12. The Morgan fingerprint density at radius 3 is 2.95 bits per heavy atom. The van der Waals surface area contributed by atoms with E-state index in [1.807, 2.05) is 38.2 Å². The van der Waals surface area contributed by atoms with E-state index in [2.05, 4.69) is 32.1 Å². The fourth-order valence-electron chi connectivity index (χ4n) is 2.61. The van der Waals surface area contributed by atoms with Gasteiger partial charge in [-0.2, -0.15) is 14.6 Å². The van der Waals surface area contributed by atoms with E-state index in [-0.39, 0.29) is 0 Å². The molecule has 0 unspecified atom stereocenters. The summed E-state index contributed by atoms with van der Waals surface area (Å²) in [5, 5.41) is 5.35. The minimum absolute atomic E-state index is 0.603. The topological polar surface area (TPSA) is 59.5 Å². The van der Waals surface area contributed by atoms with Crippen LogP contribution in [0.15, 0.2) is 47.1 Å². The third-order valence-corrected chi connectivity index (χ3v) is 3.62. The molecule has 4 aromatic rings. The molecule has 0 fully saturated rings. The molecule has 0 aliphatic rings. The zero-order valence-electron chi connectivity index (χ0n) is 12.4. The molecule has 110 valence electrons. The minimum atomic E-state index is 0.603. The largest absolute Gasteiger partial charge is 0.459 e. The lowest BCUT2D eigenvalue weighted by Gasteiger charge is -2.18. The van der Waals surface area contributed by atoms with E-state index < -0.39 is 0 Å². The van der Waals surface area contributed by atoms with E-state index in [9.17, 15) is 0 Å². The van der Waals surface area contributed by atoms with Crippen LogP contribution in [-0.4, -0.2) is 26.6 Å². The number of anilines is 1. The number of benzene rings is 1. The van der Waals surface area contributed by atoms with Crippen molar-refractivity contribution in [3.05, 3.63) is 54.2 Å². The lowest BCUT2D eigenvalue weighted by atomic mass is 10.2. The summed E-state index contributed by atoms with van der Waals surface area (Å²) in [5.74, 6) is 2.44. The number of rotatable bonds is 3. The smallest absolute Gasteiger partial charge is 0.254 e. The van der Waals surface area contributed by atoms with Crippen molar-refractivity contribution in [3.8, 4) is 0 Å². The third-order valence-electron chi connectivity index (χ3n) is 3.62. The van der Waals surface area contributed by atoms with Crippen LogP contribution < -0.4 is 4.90 Å². The first-order valence-electron chi connectivity index (χ1n) is 7.07. The molecule has 3 heterocycles. The number of nitrogens with zero attached hydrogens (tertiary/aromatic N) is 5. The molecule has 0 radical (unpaired) electrons. The van der Waals surface area contributed by atoms with Crippen LogP contribution in [0, 0.1) is 6.92 Å². The first kappa shape index (κ1) is 12.8. The summed E-state index contributed by atoms with van der Waals surface area (Å²) in [5.41, 5.74) is 1.81. The van der Waals surface area contributed by atoms with Gasteiger partial charge in [0.05, 0.1) is 6.54 Å². The molecule has 0 spiro atoms. The predicted molar refractivity (Wildman–Crippen MR) is 83.8 cm³/mol. The van der Waals surface area contributed by atoms with Crippen molar-refractivity contribution < 1.29 is 4.42 Å². The molecule has 0 bridgehead atoms. The monoisotopic (exact) mass is 293 g/mol. The molecule has 0 saturated carbocycles. The Morgan fingerprint density at radius 2 is 2.09 bits per heavy atom. The molecule has 0 N–H and O–H groups in total. The standard InChI is InChI=1S/C16H15N5O/c1-11-7-15(21-16(19-11)17-10-18-21)20(2)9-13-8-12-5-3-4-6-14(12)22-13/h3-8,10H,9H2,1-2H3. The average molecular weight is 293 g/mol. The zero-order chi connectivity index (χ0) is 15.1. The second-order valence-corrected chi connectivity index (χ2v) is 5.33. The molecule has 22 heavy (non-hydrogen) atoms. The number of furan rings is 1. The summed E-state index contributed by atoms with van der Waals surface area (Å²) in [6.07, 6.45) is 1.51. The fraction of sp³-hybridized carbons (Fsp3) is 0.188. The second kappa shape index (κ2) is 4.84. The van der Waals surface area contributed by atoms with Crippen LogP contribution in [0.25, 0.3) is 16.7 Å². The van der Waals surface area contributed by atoms with Gasteiger partial charge in [-0.3, -0.25) is 0 Å². The summed E-state index contributed by atoms with van der Waals surface area (Å²) in [7, 11) is 2.00. The van der Waals surface area contributed by atoms with Crippen LogP contribution >= 0.6 is 0 Å². The highest BCUT2D eigenvalue weighted by Crippen LogP contribution is 2.22. The van der Waals surface area contributed by atoms with Gasteiger partial charge < -0.3 is 9.32 Å².